The second-order valence-corrected chi connectivity index (χ2v) is 12.1. The summed E-state index contributed by atoms with van der Waals surface area (Å²) in [6.07, 6.45) is 7.41. The molecule has 1 aromatic rings. The third-order valence-corrected chi connectivity index (χ3v) is 5.28. The topological polar surface area (TPSA) is 51.2 Å². The van der Waals surface area contributed by atoms with Crippen molar-refractivity contribution in [1.82, 2.24) is 5.10 Å². The monoisotopic (exact) mass is 281 g/mol. The van der Waals surface area contributed by atoms with Crippen LogP contribution in [0.4, 0.5) is 0 Å². The lowest BCUT2D eigenvalue weighted by Crippen LogP contribution is -2.28. The number of fused-ring (bicyclic) bond motifs is 1. The molecule has 0 radical (unpaired) electrons. The van der Waals surface area contributed by atoms with Gasteiger partial charge in [-0.3, -0.25) is 0 Å². The van der Waals surface area contributed by atoms with Gasteiger partial charge in [-0.2, -0.15) is 5.10 Å². The van der Waals surface area contributed by atoms with E-state index < -0.39 is 8.07 Å². The zero-order valence-corrected chi connectivity index (χ0v) is 13.2. The van der Waals surface area contributed by atoms with Crippen molar-refractivity contribution in [1.29, 1.82) is 0 Å². The Hall–Kier alpha value is -1.23. The minimum absolute atomic E-state index is 0.773. The summed E-state index contributed by atoms with van der Waals surface area (Å²) in [5, 5.41) is 13.3. The van der Waals surface area contributed by atoms with Crippen LogP contribution in [0.3, 0.4) is 0 Å². The van der Waals surface area contributed by atoms with Gasteiger partial charge in [0.05, 0.1) is 12.2 Å². The molecule has 0 saturated heterocycles. The summed E-state index contributed by atoms with van der Waals surface area (Å²) in [7, 11) is -1.04. The molecule has 19 heavy (non-hydrogen) atoms. The number of aliphatic hydroxyl groups is 1. The Labute approximate surface area is 115 Å². The Kier molecular flexibility index (Phi) is 4.34. The number of hydrogen-bond acceptors (Lipinski definition) is 2. The molecule has 0 amide bonds. The van der Waals surface area contributed by atoms with E-state index in [1.807, 2.05) is 4.36 Å². The van der Waals surface area contributed by atoms with E-state index >= 15 is 0 Å². The number of hydrogen-bond donors (Lipinski definition) is 2. The highest BCUT2D eigenvalue weighted by molar-refractivity contribution is 6.76. The number of nitrogens with zero attached hydrogens (tertiary/aromatic N) is 1. The lowest BCUT2D eigenvalue weighted by atomic mass is 9.97. The molecule has 0 spiro atoms. The number of rotatable bonds is 4. The van der Waals surface area contributed by atoms with Crippen molar-refractivity contribution in [3.05, 3.63) is 23.0 Å². The van der Waals surface area contributed by atoms with Crippen LogP contribution in [-0.4, -0.2) is 24.9 Å². The number of aliphatic hydroxyl groups excluding tert-OH is 1. The number of aromatic amines is 1. The maximum atomic E-state index is 9.27. The molecule has 1 heterocycles. The number of nitrogens with one attached hydrogen (secondary N) is 1. The van der Waals surface area contributed by atoms with Crippen molar-refractivity contribution in [2.45, 2.75) is 51.4 Å². The molecule has 2 N–H and O–H groups in total. The lowest BCUT2D eigenvalue weighted by Gasteiger charge is -2.13. The molecule has 1 aliphatic carbocycles. The van der Waals surface area contributed by atoms with Crippen molar-refractivity contribution in [2.24, 2.45) is 0 Å². The molecule has 0 atom stereocenters. The van der Waals surface area contributed by atoms with Crippen LogP contribution in [0.25, 0.3) is 6.26 Å². The van der Waals surface area contributed by atoms with Crippen molar-refractivity contribution in [3.63, 3.8) is 0 Å². The van der Waals surface area contributed by atoms with Crippen LogP contribution in [0.1, 0.15) is 24.1 Å². The first-order valence-corrected chi connectivity index (χ1v) is 10.8. The van der Waals surface area contributed by atoms with Crippen LogP contribution >= 0.6 is 0 Å². The maximum absolute atomic E-state index is 9.27. The van der Waals surface area contributed by atoms with E-state index in [0.29, 0.717) is 0 Å². The largest absolute Gasteiger partial charge is 0.513 e. The highest BCUT2D eigenvalue weighted by Gasteiger charge is 2.21. The fraction of sp³-hybridized carbons (Fsp3) is 0.643. The molecule has 0 unspecified atom stereocenters. The molecular formula is C14H25N2O2Si+. The Morgan fingerprint density at radius 1 is 1.32 bits per heavy atom. The van der Waals surface area contributed by atoms with Gasteiger partial charge in [-0.1, -0.05) is 19.6 Å². The van der Waals surface area contributed by atoms with Crippen LogP contribution in [0, 0.1) is 6.40 Å². The van der Waals surface area contributed by atoms with E-state index in [0.717, 1.165) is 37.1 Å². The van der Waals surface area contributed by atoms with Gasteiger partial charge in [0.2, 0.25) is 5.69 Å². The molecule has 0 aromatic carbocycles. The summed E-state index contributed by atoms with van der Waals surface area (Å²) in [5.41, 5.74) is 2.48. The molecular weight excluding hydrogens is 256 g/mol. The van der Waals surface area contributed by atoms with Crippen molar-refractivity contribution >= 4 is 14.3 Å². The minimum Gasteiger partial charge on any atom is -0.513 e. The summed E-state index contributed by atoms with van der Waals surface area (Å²) in [5.74, 6) is 0. The molecule has 0 bridgehead atoms. The van der Waals surface area contributed by atoms with E-state index in [-0.39, 0.29) is 0 Å². The van der Waals surface area contributed by atoms with Gasteiger partial charge in [-0.05, 0) is 29.7 Å². The van der Waals surface area contributed by atoms with E-state index in [9.17, 15) is 5.11 Å². The van der Waals surface area contributed by atoms with E-state index in [4.69, 9.17) is 4.74 Å². The van der Waals surface area contributed by atoms with Gasteiger partial charge in [0, 0.05) is 14.5 Å². The first-order chi connectivity index (χ1) is 9.01. The van der Waals surface area contributed by atoms with Gasteiger partial charge in [0.25, 0.3) is 0 Å². The van der Waals surface area contributed by atoms with Gasteiger partial charge in [0.15, 0.2) is 0 Å². The van der Waals surface area contributed by atoms with E-state index in [1.165, 1.54) is 24.1 Å². The SMILES string of the molecule is C[Si](C)(C)CCOC=[n+]1[nH]c(=CO)c2c1CCCC2. The van der Waals surface area contributed by atoms with Crippen molar-refractivity contribution in [3.8, 4) is 0 Å². The maximum Gasteiger partial charge on any atom is 0.358 e. The van der Waals surface area contributed by atoms with Gasteiger partial charge in [-0.25, -0.2) is 0 Å². The fourth-order valence-corrected chi connectivity index (χ4v) is 3.13. The van der Waals surface area contributed by atoms with Crippen molar-refractivity contribution in [2.75, 3.05) is 6.61 Å². The molecule has 0 aliphatic heterocycles. The summed E-state index contributed by atoms with van der Waals surface area (Å²) < 4.78 is 7.60. The molecule has 0 fully saturated rings. The Morgan fingerprint density at radius 3 is 2.74 bits per heavy atom. The second-order valence-electron chi connectivity index (χ2n) is 6.44. The third-order valence-electron chi connectivity index (χ3n) is 3.57. The number of aromatic nitrogens is 2. The molecule has 4 nitrogen and oxygen atoms in total. The zero-order chi connectivity index (χ0) is 13.9. The average Bonchev–Trinajstić information content (AvgIpc) is 2.72. The predicted octanol–water partition coefficient (Wildman–Crippen LogP) is 1.80. The molecule has 1 aromatic heterocycles. The highest BCUT2D eigenvalue weighted by atomic mass is 28.3. The van der Waals surface area contributed by atoms with Crippen LogP contribution in [0.2, 0.25) is 25.7 Å². The fourth-order valence-electron chi connectivity index (χ4n) is 2.40. The molecule has 5 heteroatoms. The average molecular weight is 281 g/mol. The molecule has 0 saturated carbocycles. The first kappa shape index (κ1) is 14.2. The van der Waals surface area contributed by atoms with Gasteiger partial charge < -0.3 is 9.84 Å². The number of H-pyrrole nitrogens is 1. The van der Waals surface area contributed by atoms with Crippen LogP contribution in [0.5, 0.6) is 0 Å². The Morgan fingerprint density at radius 2 is 2.05 bits per heavy atom. The lowest BCUT2D eigenvalue weighted by molar-refractivity contribution is -0.598. The van der Waals surface area contributed by atoms with Crippen LogP contribution < -0.4 is 9.71 Å². The molecule has 2 rings (SSSR count). The zero-order valence-electron chi connectivity index (χ0n) is 12.2. The predicted molar refractivity (Wildman–Crippen MR) is 78.2 cm³/mol. The van der Waals surface area contributed by atoms with Crippen LogP contribution in [0.15, 0.2) is 0 Å². The van der Waals surface area contributed by atoms with Gasteiger partial charge in [0.1, 0.15) is 11.6 Å². The first-order valence-electron chi connectivity index (χ1n) is 7.09. The quantitative estimate of drug-likeness (QED) is 0.502. The van der Waals surface area contributed by atoms with Crippen LogP contribution in [-0.2, 0) is 17.6 Å². The van der Waals surface area contributed by atoms with E-state index in [2.05, 4.69) is 24.7 Å². The minimum atomic E-state index is -1.04. The Balaban J connectivity index is 2.14. The van der Waals surface area contributed by atoms with E-state index in [1.54, 1.807) is 6.40 Å². The second kappa shape index (κ2) is 5.82. The van der Waals surface area contributed by atoms with Crippen molar-refractivity contribution < 1.29 is 14.2 Å². The summed E-state index contributed by atoms with van der Waals surface area (Å²) in [4.78, 5) is 0. The summed E-state index contributed by atoms with van der Waals surface area (Å²) in [6, 6.07) is 1.16. The summed E-state index contributed by atoms with van der Waals surface area (Å²) >= 11 is 0. The normalized spacial score (nSPS) is 17.6. The third kappa shape index (κ3) is 3.62. The standard InChI is InChI=1S/C14H24N2O2Si/c1-19(2,3)9-8-18-11-16-14-7-5-4-6-12(14)13(10-17)15-16/h10-11,15H,4-9H2,1-3H3/p+1. The highest BCUT2D eigenvalue weighted by Crippen LogP contribution is 2.13. The Bertz CT molecular complexity index is 543. The van der Waals surface area contributed by atoms with Gasteiger partial charge in [-0.15, -0.1) is 0 Å². The number of ether oxygens (including phenoxy) is 1. The van der Waals surface area contributed by atoms with Gasteiger partial charge >= 0.3 is 6.40 Å². The summed E-state index contributed by atoms with van der Waals surface area (Å²) in [6.45, 7) is 7.81. The smallest absolute Gasteiger partial charge is 0.358 e. The molecule has 106 valence electrons. The molecule has 1 aliphatic rings.